The number of hydrogen-bond donors (Lipinski definition) is 2. The van der Waals surface area contributed by atoms with Crippen LogP contribution in [-0.2, 0) is 16.0 Å². The minimum absolute atomic E-state index is 0.468. The Labute approximate surface area is 125 Å². The molecular weight excluding hydrogens is 266 g/mol. The Hall–Kier alpha value is -2.04. The van der Waals surface area contributed by atoms with Gasteiger partial charge in [-0.1, -0.05) is 12.1 Å². The van der Waals surface area contributed by atoms with Gasteiger partial charge in [-0.15, -0.1) is 0 Å². The zero-order chi connectivity index (χ0) is 15.1. The van der Waals surface area contributed by atoms with Gasteiger partial charge in [0.1, 0.15) is 0 Å². The third-order valence-corrected chi connectivity index (χ3v) is 3.79. The van der Waals surface area contributed by atoms with Crippen LogP contribution < -0.4 is 15.5 Å². The molecule has 2 amide bonds. The number of nitrogens with zero attached hydrogens (tertiary/aromatic N) is 1. The summed E-state index contributed by atoms with van der Waals surface area (Å²) in [5.74, 6) is -1.18. The number of carbonyl (C=O) groups excluding carboxylic acids is 2. The van der Waals surface area contributed by atoms with Gasteiger partial charge in [-0.3, -0.25) is 9.59 Å². The fourth-order valence-corrected chi connectivity index (χ4v) is 2.54. The molecule has 21 heavy (non-hydrogen) atoms. The number of amides is 2. The molecular formula is C16H23N3O2. The lowest BCUT2D eigenvalue weighted by Crippen LogP contribution is -2.38. The molecule has 0 atom stereocenters. The Morgan fingerprint density at radius 1 is 1.05 bits per heavy atom. The van der Waals surface area contributed by atoms with E-state index in [1.54, 1.807) is 0 Å². The molecule has 0 unspecified atom stereocenters. The maximum atomic E-state index is 11.3. The lowest BCUT2D eigenvalue weighted by Gasteiger charge is -2.28. The molecule has 0 spiro atoms. The fourth-order valence-electron chi connectivity index (χ4n) is 2.54. The molecule has 1 saturated heterocycles. The highest BCUT2D eigenvalue weighted by molar-refractivity contribution is 6.34. The number of likely N-dealkylation sites (N-methyl/N-ethyl adjacent to an activating group) is 1. The molecule has 5 nitrogen and oxygen atoms in total. The molecule has 5 heteroatoms. The first-order chi connectivity index (χ1) is 10.2. The van der Waals surface area contributed by atoms with Crippen molar-refractivity contribution in [3.8, 4) is 0 Å². The van der Waals surface area contributed by atoms with Crippen molar-refractivity contribution < 1.29 is 9.59 Å². The topological polar surface area (TPSA) is 61.4 Å². The molecule has 1 aromatic carbocycles. The lowest BCUT2D eigenvalue weighted by molar-refractivity contribution is -0.138. The van der Waals surface area contributed by atoms with E-state index in [1.165, 1.54) is 32.0 Å². The summed E-state index contributed by atoms with van der Waals surface area (Å²) in [5, 5.41) is 4.90. The van der Waals surface area contributed by atoms with E-state index in [4.69, 9.17) is 0 Å². The standard InChI is InChI=1S/C16H23N3O2/c1-17-15(20)16(21)18-10-9-13-5-7-14(8-6-13)19-11-3-2-4-12-19/h5-8H,2-4,9-12H2,1H3,(H,17,20)(H,18,21). The number of rotatable bonds is 4. The van der Waals surface area contributed by atoms with Gasteiger partial charge in [0.15, 0.2) is 0 Å². The first-order valence-corrected chi connectivity index (χ1v) is 7.54. The Bertz CT molecular complexity index is 479. The largest absolute Gasteiger partial charge is 0.372 e. The van der Waals surface area contributed by atoms with Crippen molar-refractivity contribution in [1.82, 2.24) is 10.6 Å². The number of benzene rings is 1. The summed E-state index contributed by atoms with van der Waals surface area (Å²) < 4.78 is 0. The van der Waals surface area contributed by atoms with Crippen LogP contribution in [0.4, 0.5) is 5.69 Å². The molecule has 0 saturated carbocycles. The van der Waals surface area contributed by atoms with Gasteiger partial charge in [0.25, 0.3) is 0 Å². The molecule has 2 N–H and O–H groups in total. The fraction of sp³-hybridized carbons (Fsp3) is 0.500. The highest BCUT2D eigenvalue weighted by atomic mass is 16.2. The van der Waals surface area contributed by atoms with Gasteiger partial charge in [0.05, 0.1) is 0 Å². The third-order valence-electron chi connectivity index (χ3n) is 3.79. The average Bonchev–Trinajstić information content (AvgIpc) is 2.55. The molecule has 114 valence electrons. The zero-order valence-corrected chi connectivity index (χ0v) is 12.5. The maximum absolute atomic E-state index is 11.3. The van der Waals surface area contributed by atoms with Crippen LogP contribution in [0.1, 0.15) is 24.8 Å². The normalized spacial score (nSPS) is 14.6. The maximum Gasteiger partial charge on any atom is 0.309 e. The zero-order valence-electron chi connectivity index (χ0n) is 12.5. The van der Waals surface area contributed by atoms with E-state index in [0.717, 1.165) is 25.1 Å². The van der Waals surface area contributed by atoms with Gasteiger partial charge in [0.2, 0.25) is 0 Å². The number of piperidine rings is 1. The van der Waals surface area contributed by atoms with Gasteiger partial charge in [-0.25, -0.2) is 0 Å². The second-order valence-corrected chi connectivity index (χ2v) is 5.30. The smallest absolute Gasteiger partial charge is 0.309 e. The van der Waals surface area contributed by atoms with Crippen LogP contribution in [0, 0.1) is 0 Å². The van der Waals surface area contributed by atoms with Crippen molar-refractivity contribution in [2.75, 3.05) is 31.6 Å². The van der Waals surface area contributed by atoms with Crippen molar-refractivity contribution in [3.63, 3.8) is 0 Å². The van der Waals surface area contributed by atoms with Gasteiger partial charge >= 0.3 is 11.8 Å². The highest BCUT2D eigenvalue weighted by Gasteiger charge is 2.11. The summed E-state index contributed by atoms with van der Waals surface area (Å²) in [6.45, 7) is 2.75. The first kappa shape index (κ1) is 15.4. The van der Waals surface area contributed by atoms with Gasteiger partial charge in [0, 0.05) is 32.4 Å². The van der Waals surface area contributed by atoms with Crippen LogP contribution in [0.25, 0.3) is 0 Å². The Morgan fingerprint density at radius 3 is 2.33 bits per heavy atom. The average molecular weight is 289 g/mol. The van der Waals surface area contributed by atoms with Gasteiger partial charge in [-0.2, -0.15) is 0 Å². The van der Waals surface area contributed by atoms with Crippen LogP contribution in [-0.4, -0.2) is 38.5 Å². The van der Waals surface area contributed by atoms with E-state index in [2.05, 4.69) is 39.8 Å². The van der Waals surface area contributed by atoms with Crippen LogP contribution in [0.2, 0.25) is 0 Å². The molecule has 0 aromatic heterocycles. The molecule has 1 heterocycles. The van der Waals surface area contributed by atoms with Crippen LogP contribution in [0.5, 0.6) is 0 Å². The number of carbonyl (C=O) groups is 2. The van der Waals surface area contributed by atoms with Gasteiger partial charge in [-0.05, 0) is 43.4 Å². The minimum Gasteiger partial charge on any atom is -0.372 e. The number of hydrogen-bond acceptors (Lipinski definition) is 3. The first-order valence-electron chi connectivity index (χ1n) is 7.54. The summed E-state index contributed by atoms with van der Waals surface area (Å²) >= 11 is 0. The van der Waals surface area contributed by atoms with E-state index in [1.807, 2.05) is 0 Å². The summed E-state index contributed by atoms with van der Waals surface area (Å²) in [6, 6.07) is 8.47. The Kier molecular flexibility index (Phi) is 5.60. The van der Waals surface area contributed by atoms with Crippen LogP contribution in [0.3, 0.4) is 0 Å². The van der Waals surface area contributed by atoms with E-state index in [9.17, 15) is 9.59 Å². The van der Waals surface area contributed by atoms with Crippen LogP contribution in [0.15, 0.2) is 24.3 Å². The summed E-state index contributed by atoms with van der Waals surface area (Å²) in [7, 11) is 1.45. The highest BCUT2D eigenvalue weighted by Crippen LogP contribution is 2.20. The van der Waals surface area contributed by atoms with E-state index < -0.39 is 11.8 Å². The molecule has 0 bridgehead atoms. The third kappa shape index (κ3) is 4.48. The second kappa shape index (κ2) is 7.67. The predicted octanol–water partition coefficient (Wildman–Crippen LogP) is 1.08. The van der Waals surface area contributed by atoms with Crippen LogP contribution >= 0.6 is 0 Å². The molecule has 1 aromatic rings. The minimum atomic E-state index is -0.601. The SMILES string of the molecule is CNC(=O)C(=O)NCCc1ccc(N2CCCCC2)cc1. The van der Waals surface area contributed by atoms with Crippen molar-refractivity contribution >= 4 is 17.5 Å². The molecule has 1 aliphatic heterocycles. The quantitative estimate of drug-likeness (QED) is 0.816. The predicted molar refractivity (Wildman–Crippen MR) is 83.3 cm³/mol. The Balaban J connectivity index is 1.79. The van der Waals surface area contributed by atoms with E-state index in [-0.39, 0.29) is 0 Å². The Morgan fingerprint density at radius 2 is 1.71 bits per heavy atom. The lowest BCUT2D eigenvalue weighted by atomic mass is 10.1. The van der Waals surface area contributed by atoms with Crippen molar-refractivity contribution in [2.24, 2.45) is 0 Å². The van der Waals surface area contributed by atoms with E-state index >= 15 is 0 Å². The number of nitrogens with one attached hydrogen (secondary N) is 2. The van der Waals surface area contributed by atoms with E-state index in [0.29, 0.717) is 6.54 Å². The monoisotopic (exact) mass is 289 g/mol. The van der Waals surface area contributed by atoms with Crippen molar-refractivity contribution in [2.45, 2.75) is 25.7 Å². The van der Waals surface area contributed by atoms with Gasteiger partial charge < -0.3 is 15.5 Å². The summed E-state index contributed by atoms with van der Waals surface area (Å²) in [6.07, 6.45) is 4.60. The molecule has 0 radical (unpaired) electrons. The summed E-state index contributed by atoms with van der Waals surface area (Å²) in [5.41, 5.74) is 2.43. The molecule has 0 aliphatic carbocycles. The van der Waals surface area contributed by atoms with Crippen molar-refractivity contribution in [3.05, 3.63) is 29.8 Å². The molecule has 1 fully saturated rings. The number of anilines is 1. The molecule has 1 aliphatic rings. The second-order valence-electron chi connectivity index (χ2n) is 5.30. The van der Waals surface area contributed by atoms with Crippen molar-refractivity contribution in [1.29, 1.82) is 0 Å². The molecule has 2 rings (SSSR count). The summed E-state index contributed by atoms with van der Waals surface area (Å²) in [4.78, 5) is 24.8.